The third-order valence-corrected chi connectivity index (χ3v) is 3.93. The van der Waals surface area contributed by atoms with Crippen LogP contribution in [0.5, 0.6) is 5.75 Å². The van der Waals surface area contributed by atoms with E-state index in [0.29, 0.717) is 6.04 Å². The smallest absolute Gasteiger partial charge is 0.119 e. The molecule has 0 saturated carbocycles. The van der Waals surface area contributed by atoms with Gasteiger partial charge in [0, 0.05) is 36.7 Å². The van der Waals surface area contributed by atoms with E-state index >= 15 is 0 Å². The lowest BCUT2D eigenvalue weighted by Crippen LogP contribution is -2.51. The fraction of sp³-hybridized carbons (Fsp3) is 0.571. The Bertz CT molecular complexity index is 355. The first kappa shape index (κ1) is 13.8. The van der Waals surface area contributed by atoms with Crippen molar-refractivity contribution in [1.82, 2.24) is 10.2 Å². The summed E-state index contributed by atoms with van der Waals surface area (Å²) in [7, 11) is 0. The van der Waals surface area contributed by atoms with E-state index in [1.54, 1.807) is 0 Å². The predicted molar refractivity (Wildman–Crippen MR) is 78.2 cm³/mol. The number of benzene rings is 1. The summed E-state index contributed by atoms with van der Waals surface area (Å²) in [6.07, 6.45) is 1.20. The zero-order valence-electron chi connectivity index (χ0n) is 10.9. The van der Waals surface area contributed by atoms with Crippen molar-refractivity contribution in [2.75, 3.05) is 32.8 Å². The standard InChI is InChI=1S/C14H21BrN2O/c1-2-13-11-16-7-8-17(13)9-10-18-14-5-3-12(15)4-6-14/h3-6,13,16H,2,7-11H2,1H3. The molecule has 1 atom stereocenters. The number of piperazine rings is 1. The Kier molecular flexibility index (Phi) is 5.47. The first-order valence-corrected chi connectivity index (χ1v) is 7.42. The molecule has 100 valence electrons. The number of nitrogens with zero attached hydrogens (tertiary/aromatic N) is 1. The van der Waals surface area contributed by atoms with E-state index in [1.807, 2.05) is 24.3 Å². The van der Waals surface area contributed by atoms with E-state index in [2.05, 4.69) is 33.1 Å². The molecule has 1 heterocycles. The van der Waals surface area contributed by atoms with Gasteiger partial charge in [-0.3, -0.25) is 4.90 Å². The van der Waals surface area contributed by atoms with Crippen molar-refractivity contribution in [1.29, 1.82) is 0 Å². The SMILES string of the molecule is CCC1CNCCN1CCOc1ccc(Br)cc1. The second kappa shape index (κ2) is 7.12. The molecular weight excluding hydrogens is 292 g/mol. The van der Waals surface area contributed by atoms with E-state index < -0.39 is 0 Å². The van der Waals surface area contributed by atoms with Crippen molar-refractivity contribution >= 4 is 15.9 Å². The number of nitrogens with one attached hydrogen (secondary N) is 1. The Morgan fingerprint density at radius 2 is 2.17 bits per heavy atom. The Hall–Kier alpha value is -0.580. The molecular formula is C14H21BrN2O. The van der Waals surface area contributed by atoms with Crippen molar-refractivity contribution in [2.45, 2.75) is 19.4 Å². The lowest BCUT2D eigenvalue weighted by Gasteiger charge is -2.35. The summed E-state index contributed by atoms with van der Waals surface area (Å²) in [5, 5.41) is 3.44. The molecule has 1 aromatic carbocycles. The lowest BCUT2D eigenvalue weighted by molar-refractivity contribution is 0.131. The lowest BCUT2D eigenvalue weighted by atomic mass is 10.1. The highest BCUT2D eigenvalue weighted by molar-refractivity contribution is 9.10. The molecule has 2 rings (SSSR count). The highest BCUT2D eigenvalue weighted by atomic mass is 79.9. The van der Waals surface area contributed by atoms with Gasteiger partial charge in [-0.25, -0.2) is 0 Å². The maximum atomic E-state index is 5.77. The Balaban J connectivity index is 1.75. The Morgan fingerprint density at radius 1 is 1.39 bits per heavy atom. The first-order valence-electron chi connectivity index (χ1n) is 6.62. The fourth-order valence-electron chi connectivity index (χ4n) is 2.31. The third-order valence-electron chi connectivity index (χ3n) is 3.40. The van der Waals surface area contributed by atoms with Gasteiger partial charge in [0.15, 0.2) is 0 Å². The summed E-state index contributed by atoms with van der Waals surface area (Å²) in [6.45, 7) is 7.35. The molecule has 1 saturated heterocycles. The van der Waals surface area contributed by atoms with Crippen molar-refractivity contribution in [3.05, 3.63) is 28.7 Å². The van der Waals surface area contributed by atoms with Crippen LogP contribution in [0.25, 0.3) is 0 Å². The molecule has 1 N–H and O–H groups in total. The molecule has 3 nitrogen and oxygen atoms in total. The summed E-state index contributed by atoms with van der Waals surface area (Å²) in [5.41, 5.74) is 0. The molecule has 0 bridgehead atoms. The van der Waals surface area contributed by atoms with Crippen molar-refractivity contribution in [2.24, 2.45) is 0 Å². The number of hydrogen-bond donors (Lipinski definition) is 1. The van der Waals surface area contributed by atoms with Crippen LogP contribution in [0.15, 0.2) is 28.7 Å². The molecule has 18 heavy (non-hydrogen) atoms. The number of ether oxygens (including phenoxy) is 1. The molecule has 0 radical (unpaired) electrons. The van der Waals surface area contributed by atoms with Gasteiger partial charge in [0.25, 0.3) is 0 Å². The van der Waals surface area contributed by atoms with Gasteiger partial charge in [-0.05, 0) is 30.7 Å². The van der Waals surface area contributed by atoms with Crippen LogP contribution >= 0.6 is 15.9 Å². The second-order valence-electron chi connectivity index (χ2n) is 4.60. The van der Waals surface area contributed by atoms with Crippen LogP contribution in [0.3, 0.4) is 0 Å². The second-order valence-corrected chi connectivity index (χ2v) is 5.52. The van der Waals surface area contributed by atoms with Crippen LogP contribution in [0, 0.1) is 0 Å². The summed E-state index contributed by atoms with van der Waals surface area (Å²) in [5.74, 6) is 0.946. The maximum Gasteiger partial charge on any atom is 0.119 e. The zero-order chi connectivity index (χ0) is 12.8. The summed E-state index contributed by atoms with van der Waals surface area (Å²) < 4.78 is 6.86. The van der Waals surface area contributed by atoms with Crippen LogP contribution in [-0.2, 0) is 0 Å². The van der Waals surface area contributed by atoms with Crippen LogP contribution in [-0.4, -0.2) is 43.7 Å². The molecule has 0 aliphatic carbocycles. The number of hydrogen-bond acceptors (Lipinski definition) is 3. The zero-order valence-corrected chi connectivity index (χ0v) is 12.4. The Morgan fingerprint density at radius 3 is 2.89 bits per heavy atom. The minimum atomic E-state index is 0.660. The van der Waals surface area contributed by atoms with Gasteiger partial charge in [-0.1, -0.05) is 22.9 Å². The van der Waals surface area contributed by atoms with Gasteiger partial charge in [-0.15, -0.1) is 0 Å². The van der Waals surface area contributed by atoms with Crippen LogP contribution in [0.2, 0.25) is 0 Å². The molecule has 0 aromatic heterocycles. The average molecular weight is 313 g/mol. The third kappa shape index (κ3) is 3.97. The largest absolute Gasteiger partial charge is 0.492 e. The first-order chi connectivity index (χ1) is 8.79. The van der Waals surface area contributed by atoms with Crippen LogP contribution in [0.4, 0.5) is 0 Å². The summed E-state index contributed by atoms with van der Waals surface area (Å²) in [6, 6.07) is 8.68. The minimum Gasteiger partial charge on any atom is -0.492 e. The van der Waals surface area contributed by atoms with Gasteiger partial charge in [0.1, 0.15) is 12.4 Å². The number of halogens is 1. The van der Waals surface area contributed by atoms with E-state index in [0.717, 1.165) is 43.0 Å². The van der Waals surface area contributed by atoms with Gasteiger partial charge < -0.3 is 10.1 Å². The molecule has 1 aliphatic rings. The molecule has 1 aliphatic heterocycles. The summed E-state index contributed by atoms with van der Waals surface area (Å²) >= 11 is 3.42. The monoisotopic (exact) mass is 312 g/mol. The highest BCUT2D eigenvalue weighted by Crippen LogP contribution is 2.16. The quantitative estimate of drug-likeness (QED) is 0.904. The maximum absolute atomic E-state index is 5.77. The van der Waals surface area contributed by atoms with E-state index in [4.69, 9.17) is 4.74 Å². The van der Waals surface area contributed by atoms with Crippen LogP contribution in [0.1, 0.15) is 13.3 Å². The molecule has 1 aromatic rings. The van der Waals surface area contributed by atoms with Crippen LogP contribution < -0.4 is 10.1 Å². The van der Waals surface area contributed by atoms with E-state index in [-0.39, 0.29) is 0 Å². The van der Waals surface area contributed by atoms with Gasteiger partial charge in [-0.2, -0.15) is 0 Å². The normalized spacial score (nSPS) is 20.9. The van der Waals surface area contributed by atoms with Crippen molar-refractivity contribution in [3.63, 3.8) is 0 Å². The van der Waals surface area contributed by atoms with Crippen molar-refractivity contribution < 1.29 is 4.74 Å². The Labute approximate surface area is 118 Å². The van der Waals surface area contributed by atoms with E-state index in [1.165, 1.54) is 6.42 Å². The molecule has 0 amide bonds. The highest BCUT2D eigenvalue weighted by Gasteiger charge is 2.19. The van der Waals surface area contributed by atoms with Crippen molar-refractivity contribution in [3.8, 4) is 5.75 Å². The average Bonchev–Trinajstić information content (AvgIpc) is 2.41. The van der Waals surface area contributed by atoms with E-state index in [9.17, 15) is 0 Å². The molecule has 1 unspecified atom stereocenters. The fourth-order valence-corrected chi connectivity index (χ4v) is 2.58. The minimum absolute atomic E-state index is 0.660. The van der Waals surface area contributed by atoms with Gasteiger partial charge >= 0.3 is 0 Å². The molecule has 1 fully saturated rings. The van der Waals surface area contributed by atoms with Gasteiger partial charge in [0.05, 0.1) is 0 Å². The topological polar surface area (TPSA) is 24.5 Å². The predicted octanol–water partition coefficient (Wildman–Crippen LogP) is 2.51. The van der Waals surface area contributed by atoms with Gasteiger partial charge in [0.2, 0.25) is 0 Å². The molecule has 0 spiro atoms. The molecule has 4 heteroatoms. The summed E-state index contributed by atoms with van der Waals surface area (Å²) in [4.78, 5) is 2.52. The number of rotatable bonds is 5.